The van der Waals surface area contributed by atoms with Crippen LogP contribution < -0.4 is 9.46 Å². The Morgan fingerprint density at radius 1 is 1.09 bits per heavy atom. The van der Waals surface area contributed by atoms with Crippen LogP contribution in [0.15, 0.2) is 58.1 Å². The molecule has 0 saturated carbocycles. The van der Waals surface area contributed by atoms with Gasteiger partial charge in [-0.25, -0.2) is 13.1 Å². The predicted molar refractivity (Wildman–Crippen MR) is 88.8 cm³/mol. The van der Waals surface area contributed by atoms with Crippen molar-refractivity contribution < 1.29 is 13.2 Å². The third kappa shape index (κ3) is 3.14. The van der Waals surface area contributed by atoms with E-state index in [0.717, 1.165) is 22.1 Å². The first-order chi connectivity index (χ1) is 10.6. The maximum atomic E-state index is 12.1. The lowest BCUT2D eigenvalue weighted by Crippen LogP contribution is -2.22. The summed E-state index contributed by atoms with van der Waals surface area (Å²) in [5.74, 6) is 0.804. The quantitative estimate of drug-likeness (QED) is 0.779. The second kappa shape index (κ2) is 6.08. The van der Waals surface area contributed by atoms with Gasteiger partial charge < -0.3 is 4.74 Å². The Kier molecular flexibility index (Phi) is 4.15. The van der Waals surface area contributed by atoms with Crippen LogP contribution in [0, 0.1) is 0 Å². The number of methoxy groups -OCH3 is 1. The summed E-state index contributed by atoms with van der Waals surface area (Å²) in [4.78, 5) is 0. The molecule has 0 amide bonds. The zero-order valence-electron chi connectivity index (χ0n) is 11.9. The molecule has 0 aliphatic heterocycles. The van der Waals surface area contributed by atoms with Gasteiger partial charge in [0.1, 0.15) is 9.96 Å². The molecule has 6 heteroatoms. The minimum Gasteiger partial charge on any atom is -0.497 e. The Morgan fingerprint density at radius 3 is 2.59 bits per heavy atom. The molecule has 3 rings (SSSR count). The highest BCUT2D eigenvalue weighted by Crippen LogP contribution is 2.22. The van der Waals surface area contributed by atoms with Crippen LogP contribution in [-0.4, -0.2) is 15.5 Å². The van der Waals surface area contributed by atoms with Crippen LogP contribution in [0.25, 0.3) is 10.8 Å². The molecule has 0 atom stereocenters. The normalized spacial score (nSPS) is 11.7. The van der Waals surface area contributed by atoms with Gasteiger partial charge in [0.05, 0.1) is 7.11 Å². The van der Waals surface area contributed by atoms with E-state index in [0.29, 0.717) is 4.21 Å². The summed E-state index contributed by atoms with van der Waals surface area (Å²) in [6.45, 7) is 0.266. The minimum atomic E-state index is -3.43. The molecule has 1 aromatic heterocycles. The average molecular weight is 333 g/mol. The molecule has 0 radical (unpaired) electrons. The van der Waals surface area contributed by atoms with Crippen LogP contribution in [0.5, 0.6) is 5.75 Å². The molecule has 0 aliphatic rings. The van der Waals surface area contributed by atoms with Crippen LogP contribution >= 0.6 is 11.3 Å². The van der Waals surface area contributed by atoms with E-state index in [4.69, 9.17) is 4.74 Å². The number of sulfonamides is 1. The number of hydrogen-bond donors (Lipinski definition) is 1. The van der Waals surface area contributed by atoms with Gasteiger partial charge in [0, 0.05) is 6.54 Å². The zero-order chi connectivity index (χ0) is 15.6. The summed E-state index contributed by atoms with van der Waals surface area (Å²) in [6, 6.07) is 15.0. The lowest BCUT2D eigenvalue weighted by Gasteiger charge is -2.07. The highest BCUT2D eigenvalue weighted by atomic mass is 32.2. The SMILES string of the molecule is COc1ccc2cc(CNS(=O)(=O)c3cccs3)ccc2c1. The van der Waals surface area contributed by atoms with Crippen molar-refractivity contribution in [1.29, 1.82) is 0 Å². The smallest absolute Gasteiger partial charge is 0.250 e. The molecule has 1 heterocycles. The molecule has 4 nitrogen and oxygen atoms in total. The van der Waals surface area contributed by atoms with Gasteiger partial charge >= 0.3 is 0 Å². The van der Waals surface area contributed by atoms with E-state index in [2.05, 4.69) is 4.72 Å². The van der Waals surface area contributed by atoms with E-state index in [1.807, 2.05) is 36.4 Å². The first kappa shape index (κ1) is 15.0. The van der Waals surface area contributed by atoms with Crippen LogP contribution in [0.4, 0.5) is 0 Å². The summed E-state index contributed by atoms with van der Waals surface area (Å²) in [6.07, 6.45) is 0. The molecule has 22 heavy (non-hydrogen) atoms. The number of rotatable bonds is 5. The van der Waals surface area contributed by atoms with Crippen molar-refractivity contribution in [2.75, 3.05) is 7.11 Å². The highest BCUT2D eigenvalue weighted by molar-refractivity contribution is 7.91. The van der Waals surface area contributed by atoms with Crippen LogP contribution in [0.3, 0.4) is 0 Å². The predicted octanol–water partition coefficient (Wildman–Crippen LogP) is 3.39. The molecule has 3 aromatic rings. The molecular weight excluding hydrogens is 318 g/mol. The Hall–Kier alpha value is -1.89. The first-order valence-electron chi connectivity index (χ1n) is 6.68. The Balaban J connectivity index is 1.80. The van der Waals surface area contributed by atoms with E-state index in [1.165, 1.54) is 11.3 Å². The lowest BCUT2D eigenvalue weighted by molar-refractivity contribution is 0.415. The standard InChI is InChI=1S/C16H15NO3S2/c1-20-15-7-6-13-9-12(4-5-14(13)10-15)11-17-22(18,19)16-3-2-8-21-16/h2-10,17H,11H2,1H3. The van der Waals surface area contributed by atoms with E-state index in [1.54, 1.807) is 24.6 Å². The Morgan fingerprint density at radius 2 is 1.86 bits per heavy atom. The summed E-state index contributed by atoms with van der Waals surface area (Å²) >= 11 is 1.21. The summed E-state index contributed by atoms with van der Waals surface area (Å²) < 4.78 is 32.3. The lowest BCUT2D eigenvalue weighted by atomic mass is 10.1. The summed E-state index contributed by atoms with van der Waals surface area (Å²) in [5.41, 5.74) is 0.915. The van der Waals surface area contributed by atoms with Gasteiger partial charge in [0.15, 0.2) is 0 Å². The van der Waals surface area contributed by atoms with E-state index < -0.39 is 10.0 Å². The van der Waals surface area contributed by atoms with Gasteiger partial charge in [0.2, 0.25) is 10.0 Å². The number of hydrogen-bond acceptors (Lipinski definition) is 4. The van der Waals surface area contributed by atoms with Crippen molar-refractivity contribution in [2.45, 2.75) is 10.8 Å². The first-order valence-corrected chi connectivity index (χ1v) is 9.05. The van der Waals surface area contributed by atoms with Crippen molar-refractivity contribution in [1.82, 2.24) is 4.72 Å². The Labute approximate surface area is 133 Å². The van der Waals surface area contributed by atoms with Crippen molar-refractivity contribution >= 4 is 32.1 Å². The monoisotopic (exact) mass is 333 g/mol. The molecule has 0 fully saturated rings. The molecule has 0 saturated heterocycles. The van der Waals surface area contributed by atoms with Crippen molar-refractivity contribution in [3.8, 4) is 5.75 Å². The van der Waals surface area contributed by atoms with Crippen molar-refractivity contribution in [3.63, 3.8) is 0 Å². The van der Waals surface area contributed by atoms with Gasteiger partial charge in [-0.05, 0) is 46.0 Å². The molecule has 1 N–H and O–H groups in total. The molecule has 0 aliphatic carbocycles. The fourth-order valence-electron chi connectivity index (χ4n) is 2.18. The fourth-order valence-corrected chi connectivity index (χ4v) is 4.23. The van der Waals surface area contributed by atoms with Gasteiger partial charge in [-0.15, -0.1) is 11.3 Å². The average Bonchev–Trinajstić information content (AvgIpc) is 3.07. The maximum Gasteiger partial charge on any atom is 0.250 e. The fraction of sp³-hybridized carbons (Fsp3) is 0.125. The van der Waals surface area contributed by atoms with Crippen molar-refractivity contribution in [3.05, 3.63) is 59.5 Å². The minimum absolute atomic E-state index is 0.266. The van der Waals surface area contributed by atoms with Gasteiger partial charge in [-0.2, -0.15) is 0 Å². The van der Waals surface area contributed by atoms with Gasteiger partial charge in [-0.1, -0.05) is 24.3 Å². The van der Waals surface area contributed by atoms with Gasteiger partial charge in [0.25, 0.3) is 0 Å². The van der Waals surface area contributed by atoms with E-state index in [9.17, 15) is 8.42 Å². The second-order valence-electron chi connectivity index (χ2n) is 4.80. The molecule has 0 unspecified atom stereocenters. The summed E-state index contributed by atoms with van der Waals surface area (Å²) in [7, 11) is -1.80. The van der Waals surface area contributed by atoms with Crippen LogP contribution in [0.2, 0.25) is 0 Å². The number of ether oxygens (including phenoxy) is 1. The zero-order valence-corrected chi connectivity index (χ0v) is 13.6. The number of thiophene rings is 1. The molecule has 2 aromatic carbocycles. The summed E-state index contributed by atoms with van der Waals surface area (Å²) in [5, 5.41) is 3.86. The van der Waals surface area contributed by atoms with Gasteiger partial charge in [-0.3, -0.25) is 0 Å². The molecular formula is C16H15NO3S2. The van der Waals surface area contributed by atoms with Crippen molar-refractivity contribution in [2.24, 2.45) is 0 Å². The largest absolute Gasteiger partial charge is 0.497 e. The second-order valence-corrected chi connectivity index (χ2v) is 7.75. The van der Waals surface area contributed by atoms with E-state index >= 15 is 0 Å². The highest BCUT2D eigenvalue weighted by Gasteiger charge is 2.14. The van der Waals surface area contributed by atoms with Crippen LogP contribution in [-0.2, 0) is 16.6 Å². The number of fused-ring (bicyclic) bond motifs is 1. The number of nitrogens with one attached hydrogen (secondary N) is 1. The third-order valence-corrected chi connectivity index (χ3v) is 6.14. The maximum absolute atomic E-state index is 12.1. The Bertz CT molecular complexity index is 887. The topological polar surface area (TPSA) is 55.4 Å². The third-order valence-electron chi connectivity index (χ3n) is 3.34. The molecule has 0 bridgehead atoms. The number of benzene rings is 2. The molecule has 114 valence electrons. The van der Waals surface area contributed by atoms with E-state index in [-0.39, 0.29) is 6.54 Å². The molecule has 0 spiro atoms. The van der Waals surface area contributed by atoms with Crippen LogP contribution in [0.1, 0.15) is 5.56 Å².